The molecule has 0 aromatic heterocycles. The van der Waals surface area contributed by atoms with Crippen LogP contribution in [0.5, 0.6) is 0 Å². The average molecular weight is 181 g/mol. The third-order valence-electron chi connectivity index (χ3n) is 1.78. The Morgan fingerprint density at radius 3 is 2.69 bits per heavy atom. The third kappa shape index (κ3) is 1.94. The predicted octanol–water partition coefficient (Wildman–Crippen LogP) is 0.678. The summed E-state index contributed by atoms with van der Waals surface area (Å²) in [5, 5.41) is 10.5. The van der Waals surface area contributed by atoms with Crippen molar-refractivity contribution in [3.05, 3.63) is 33.9 Å². The molecule has 0 saturated carbocycles. The maximum atomic E-state index is 10.5. The quantitative estimate of drug-likeness (QED) is 0.407. The molecule has 0 radical (unpaired) electrons. The molecule has 0 heterocycles. The second-order valence-electron chi connectivity index (χ2n) is 2.65. The number of nitro groups is 1. The highest BCUT2D eigenvalue weighted by Crippen LogP contribution is 2.24. The third-order valence-corrected chi connectivity index (χ3v) is 1.78. The van der Waals surface area contributed by atoms with Crippen molar-refractivity contribution >= 4 is 11.4 Å². The summed E-state index contributed by atoms with van der Waals surface area (Å²) in [7, 11) is 0. The Morgan fingerprint density at radius 2 is 2.15 bits per heavy atom. The van der Waals surface area contributed by atoms with Crippen LogP contribution in [0, 0.1) is 10.1 Å². The first-order valence-corrected chi connectivity index (χ1v) is 3.88. The van der Waals surface area contributed by atoms with Gasteiger partial charge < -0.3 is 11.5 Å². The Balaban J connectivity index is 3.10. The Labute approximate surface area is 75.5 Å². The van der Waals surface area contributed by atoms with Gasteiger partial charge in [0.25, 0.3) is 5.69 Å². The summed E-state index contributed by atoms with van der Waals surface area (Å²) in [4.78, 5) is 9.98. The zero-order valence-electron chi connectivity index (χ0n) is 7.06. The number of anilines is 1. The number of hydrogen-bond acceptors (Lipinski definition) is 4. The van der Waals surface area contributed by atoms with Gasteiger partial charge in [-0.15, -0.1) is 0 Å². The number of nitrogen functional groups attached to an aromatic ring is 1. The summed E-state index contributed by atoms with van der Waals surface area (Å²) in [6.07, 6.45) is 0.563. The first-order valence-electron chi connectivity index (χ1n) is 3.88. The van der Waals surface area contributed by atoms with E-state index in [2.05, 4.69) is 0 Å². The molecule has 1 aromatic rings. The molecule has 0 atom stereocenters. The van der Waals surface area contributed by atoms with E-state index in [1.54, 1.807) is 12.1 Å². The van der Waals surface area contributed by atoms with Gasteiger partial charge in [-0.1, -0.05) is 12.1 Å². The number of nitrogens with two attached hydrogens (primary N) is 2. The van der Waals surface area contributed by atoms with Crippen molar-refractivity contribution in [3.8, 4) is 0 Å². The van der Waals surface area contributed by atoms with Gasteiger partial charge in [0.1, 0.15) is 5.69 Å². The van der Waals surface area contributed by atoms with Crippen LogP contribution in [-0.4, -0.2) is 11.5 Å². The van der Waals surface area contributed by atoms with Gasteiger partial charge in [0.05, 0.1) is 4.92 Å². The molecule has 5 heteroatoms. The molecule has 70 valence electrons. The highest BCUT2D eigenvalue weighted by molar-refractivity contribution is 5.63. The van der Waals surface area contributed by atoms with Crippen LogP contribution in [0.15, 0.2) is 18.2 Å². The van der Waals surface area contributed by atoms with E-state index < -0.39 is 4.92 Å². The van der Waals surface area contributed by atoms with Crippen LogP contribution in [0.3, 0.4) is 0 Å². The maximum Gasteiger partial charge on any atom is 0.292 e. The SMILES string of the molecule is NCCc1cccc([N+](=O)[O-])c1N. The normalized spacial score (nSPS) is 9.92. The Morgan fingerprint density at radius 1 is 1.46 bits per heavy atom. The van der Waals surface area contributed by atoms with Crippen molar-refractivity contribution < 1.29 is 4.92 Å². The fourth-order valence-electron chi connectivity index (χ4n) is 1.13. The van der Waals surface area contributed by atoms with Crippen LogP contribution in [0.1, 0.15) is 5.56 Å². The summed E-state index contributed by atoms with van der Waals surface area (Å²) >= 11 is 0. The van der Waals surface area contributed by atoms with E-state index in [0.29, 0.717) is 13.0 Å². The molecule has 0 aliphatic heterocycles. The van der Waals surface area contributed by atoms with E-state index in [1.165, 1.54) is 6.07 Å². The summed E-state index contributed by atoms with van der Waals surface area (Å²) in [5.74, 6) is 0. The minimum absolute atomic E-state index is 0.0500. The number of para-hydroxylation sites is 1. The molecular formula is C8H11N3O2. The van der Waals surface area contributed by atoms with Crippen LogP contribution in [0.2, 0.25) is 0 Å². The minimum atomic E-state index is -0.491. The summed E-state index contributed by atoms with van der Waals surface area (Å²) in [6, 6.07) is 4.74. The van der Waals surface area contributed by atoms with E-state index in [9.17, 15) is 10.1 Å². The largest absolute Gasteiger partial charge is 0.393 e. The zero-order chi connectivity index (χ0) is 9.84. The van der Waals surface area contributed by atoms with Gasteiger partial charge >= 0.3 is 0 Å². The Kier molecular flexibility index (Phi) is 2.81. The van der Waals surface area contributed by atoms with Crippen molar-refractivity contribution in [2.45, 2.75) is 6.42 Å². The number of nitro benzene ring substituents is 1. The lowest BCUT2D eigenvalue weighted by molar-refractivity contribution is -0.383. The van der Waals surface area contributed by atoms with Gasteiger partial charge in [0, 0.05) is 6.07 Å². The number of rotatable bonds is 3. The molecule has 1 rings (SSSR count). The summed E-state index contributed by atoms with van der Waals surface area (Å²) < 4.78 is 0. The lowest BCUT2D eigenvalue weighted by Gasteiger charge is -2.03. The topological polar surface area (TPSA) is 95.2 Å². The molecule has 13 heavy (non-hydrogen) atoms. The lowest BCUT2D eigenvalue weighted by Crippen LogP contribution is -2.06. The van der Waals surface area contributed by atoms with Crippen LogP contribution in [0.4, 0.5) is 11.4 Å². The Hall–Kier alpha value is -1.62. The molecule has 0 unspecified atom stereocenters. The van der Waals surface area contributed by atoms with Crippen LogP contribution in [0.25, 0.3) is 0 Å². The highest BCUT2D eigenvalue weighted by atomic mass is 16.6. The van der Waals surface area contributed by atoms with Crippen molar-refractivity contribution in [1.29, 1.82) is 0 Å². The van der Waals surface area contributed by atoms with Crippen molar-refractivity contribution in [3.63, 3.8) is 0 Å². The van der Waals surface area contributed by atoms with E-state index in [4.69, 9.17) is 11.5 Å². The molecule has 0 bridgehead atoms. The molecule has 0 spiro atoms. The molecule has 1 aromatic carbocycles. The second kappa shape index (κ2) is 3.86. The van der Waals surface area contributed by atoms with Gasteiger partial charge in [-0.25, -0.2) is 0 Å². The first kappa shape index (κ1) is 9.47. The van der Waals surface area contributed by atoms with Crippen LogP contribution >= 0.6 is 0 Å². The monoisotopic (exact) mass is 181 g/mol. The van der Waals surface area contributed by atoms with E-state index in [1.807, 2.05) is 0 Å². The van der Waals surface area contributed by atoms with Crippen LogP contribution in [-0.2, 0) is 6.42 Å². The minimum Gasteiger partial charge on any atom is -0.393 e. The van der Waals surface area contributed by atoms with Crippen molar-refractivity contribution in [2.24, 2.45) is 5.73 Å². The van der Waals surface area contributed by atoms with Crippen molar-refractivity contribution in [2.75, 3.05) is 12.3 Å². The van der Waals surface area contributed by atoms with E-state index >= 15 is 0 Å². The average Bonchev–Trinajstić information content (AvgIpc) is 2.08. The van der Waals surface area contributed by atoms with Gasteiger partial charge in [0.2, 0.25) is 0 Å². The van der Waals surface area contributed by atoms with E-state index in [0.717, 1.165) is 5.56 Å². The molecule has 5 nitrogen and oxygen atoms in total. The van der Waals surface area contributed by atoms with Gasteiger partial charge in [-0.2, -0.15) is 0 Å². The molecule has 0 aliphatic carbocycles. The molecule has 0 amide bonds. The molecule has 0 aliphatic rings. The molecular weight excluding hydrogens is 170 g/mol. The van der Waals surface area contributed by atoms with Gasteiger partial charge in [-0.05, 0) is 18.5 Å². The zero-order valence-corrected chi connectivity index (χ0v) is 7.06. The fourth-order valence-corrected chi connectivity index (χ4v) is 1.13. The lowest BCUT2D eigenvalue weighted by atomic mass is 10.1. The smallest absolute Gasteiger partial charge is 0.292 e. The second-order valence-corrected chi connectivity index (χ2v) is 2.65. The van der Waals surface area contributed by atoms with E-state index in [-0.39, 0.29) is 11.4 Å². The molecule has 4 N–H and O–H groups in total. The standard InChI is InChI=1S/C8H11N3O2/c9-5-4-6-2-1-3-7(8(6)10)11(12)13/h1-3H,4-5,9-10H2. The number of benzene rings is 1. The van der Waals surface area contributed by atoms with Gasteiger partial charge in [-0.3, -0.25) is 10.1 Å². The Bertz CT molecular complexity index is 325. The summed E-state index contributed by atoms with van der Waals surface area (Å²) in [5.41, 5.74) is 11.8. The highest BCUT2D eigenvalue weighted by Gasteiger charge is 2.12. The fraction of sp³-hybridized carbons (Fsp3) is 0.250. The van der Waals surface area contributed by atoms with Crippen LogP contribution < -0.4 is 11.5 Å². The van der Waals surface area contributed by atoms with Gasteiger partial charge in [0.15, 0.2) is 0 Å². The number of hydrogen-bond donors (Lipinski definition) is 2. The maximum absolute atomic E-state index is 10.5. The summed E-state index contributed by atoms with van der Waals surface area (Å²) in [6.45, 7) is 0.436. The number of nitrogens with zero attached hydrogens (tertiary/aromatic N) is 1. The molecule has 0 fully saturated rings. The first-order chi connectivity index (χ1) is 6.16. The van der Waals surface area contributed by atoms with Crippen molar-refractivity contribution in [1.82, 2.24) is 0 Å². The predicted molar refractivity (Wildman–Crippen MR) is 50.3 cm³/mol. The molecule has 0 saturated heterocycles.